The van der Waals surface area contributed by atoms with E-state index in [-0.39, 0.29) is 16.5 Å². The molecule has 6 heteroatoms. The van der Waals surface area contributed by atoms with Crippen molar-refractivity contribution in [3.8, 4) is 0 Å². The minimum atomic E-state index is -1.10. The van der Waals surface area contributed by atoms with E-state index in [1.807, 2.05) is 0 Å². The number of rotatable bonds is 3. The maximum Gasteiger partial charge on any atom is 0.337 e. The van der Waals surface area contributed by atoms with Crippen LogP contribution in [0.15, 0.2) is 18.2 Å². The van der Waals surface area contributed by atoms with Crippen LogP contribution in [0.25, 0.3) is 0 Å². The van der Waals surface area contributed by atoms with Gasteiger partial charge in [0.25, 0.3) is 0 Å². The van der Waals surface area contributed by atoms with E-state index in [9.17, 15) is 9.59 Å². The molecule has 1 aliphatic rings. The number of nitrogens with one attached hydrogen (secondary N) is 1. The standard InChI is InChI=1S/C13H15ClN2O3/c14-10-7-8(3-4-9(10)11(17)18)16-12(19)13(15)5-1-2-6-13/h3-4,7H,1-2,5-6,15H2,(H,16,19)(H,17,18). The molecule has 4 N–H and O–H groups in total. The average molecular weight is 283 g/mol. The van der Waals surface area contributed by atoms with Gasteiger partial charge in [-0.2, -0.15) is 0 Å². The lowest BCUT2D eigenvalue weighted by atomic mass is 9.98. The highest BCUT2D eigenvalue weighted by atomic mass is 35.5. The fourth-order valence-corrected chi connectivity index (χ4v) is 2.52. The molecule has 2 rings (SSSR count). The highest BCUT2D eigenvalue weighted by molar-refractivity contribution is 6.33. The number of carbonyl (C=O) groups excluding carboxylic acids is 1. The first-order valence-corrected chi connectivity index (χ1v) is 6.43. The molecule has 1 saturated carbocycles. The van der Waals surface area contributed by atoms with Crippen LogP contribution in [0.4, 0.5) is 5.69 Å². The van der Waals surface area contributed by atoms with E-state index in [0.29, 0.717) is 18.5 Å². The number of aromatic carboxylic acids is 1. The van der Waals surface area contributed by atoms with Gasteiger partial charge in [0, 0.05) is 5.69 Å². The summed E-state index contributed by atoms with van der Waals surface area (Å²) in [6.45, 7) is 0. The van der Waals surface area contributed by atoms with Gasteiger partial charge in [-0.15, -0.1) is 0 Å². The van der Waals surface area contributed by atoms with Crippen LogP contribution < -0.4 is 11.1 Å². The number of nitrogens with two attached hydrogens (primary N) is 1. The molecule has 1 aromatic rings. The molecular formula is C13H15ClN2O3. The fourth-order valence-electron chi connectivity index (χ4n) is 2.25. The lowest BCUT2D eigenvalue weighted by molar-refractivity contribution is -0.121. The van der Waals surface area contributed by atoms with Crippen LogP contribution in [-0.2, 0) is 4.79 Å². The van der Waals surface area contributed by atoms with E-state index < -0.39 is 11.5 Å². The largest absolute Gasteiger partial charge is 0.478 e. The molecule has 0 spiro atoms. The molecule has 0 heterocycles. The molecule has 5 nitrogen and oxygen atoms in total. The van der Waals surface area contributed by atoms with Crippen molar-refractivity contribution in [2.24, 2.45) is 5.73 Å². The Bertz CT molecular complexity index is 525. The maximum atomic E-state index is 12.1. The minimum absolute atomic E-state index is 0.00277. The summed E-state index contributed by atoms with van der Waals surface area (Å²) < 4.78 is 0. The van der Waals surface area contributed by atoms with Gasteiger partial charge in [-0.25, -0.2) is 4.79 Å². The number of carbonyl (C=O) groups is 2. The van der Waals surface area contributed by atoms with E-state index in [0.717, 1.165) is 12.8 Å². The Morgan fingerprint density at radius 2 is 1.95 bits per heavy atom. The molecule has 0 radical (unpaired) electrons. The number of amides is 1. The van der Waals surface area contributed by atoms with Gasteiger partial charge in [-0.05, 0) is 31.0 Å². The average Bonchev–Trinajstić information content (AvgIpc) is 2.77. The van der Waals surface area contributed by atoms with Crippen LogP contribution in [0.1, 0.15) is 36.0 Å². The van der Waals surface area contributed by atoms with Crippen molar-refractivity contribution in [1.29, 1.82) is 0 Å². The predicted octanol–water partition coefficient (Wildman–Crippen LogP) is 2.25. The van der Waals surface area contributed by atoms with E-state index >= 15 is 0 Å². The Labute approximate surface area is 115 Å². The number of benzene rings is 1. The highest BCUT2D eigenvalue weighted by Crippen LogP contribution is 2.29. The van der Waals surface area contributed by atoms with Gasteiger partial charge < -0.3 is 16.2 Å². The molecule has 1 amide bonds. The van der Waals surface area contributed by atoms with Crippen LogP contribution in [0, 0.1) is 0 Å². The summed E-state index contributed by atoms with van der Waals surface area (Å²) in [4.78, 5) is 22.9. The van der Waals surface area contributed by atoms with Gasteiger partial charge >= 0.3 is 5.97 Å². The van der Waals surface area contributed by atoms with E-state index in [1.54, 1.807) is 0 Å². The maximum absolute atomic E-state index is 12.1. The Morgan fingerprint density at radius 3 is 2.47 bits per heavy atom. The van der Waals surface area contributed by atoms with Gasteiger partial charge in [0.1, 0.15) is 0 Å². The zero-order valence-corrected chi connectivity index (χ0v) is 11.0. The van der Waals surface area contributed by atoms with Crippen LogP contribution in [0.2, 0.25) is 5.02 Å². The summed E-state index contributed by atoms with van der Waals surface area (Å²) in [5.74, 6) is -1.35. The minimum Gasteiger partial charge on any atom is -0.478 e. The van der Waals surface area contributed by atoms with Crippen molar-refractivity contribution in [1.82, 2.24) is 0 Å². The zero-order valence-electron chi connectivity index (χ0n) is 10.3. The monoisotopic (exact) mass is 282 g/mol. The van der Waals surface area contributed by atoms with Crippen LogP contribution in [0.3, 0.4) is 0 Å². The summed E-state index contributed by atoms with van der Waals surface area (Å²) in [5, 5.41) is 11.6. The Balaban J connectivity index is 2.13. The molecule has 0 aliphatic heterocycles. The number of carboxylic acids is 1. The van der Waals surface area contributed by atoms with Crippen molar-refractivity contribution < 1.29 is 14.7 Å². The number of hydrogen-bond donors (Lipinski definition) is 3. The van der Waals surface area contributed by atoms with E-state index in [2.05, 4.69) is 5.32 Å². The quantitative estimate of drug-likeness (QED) is 0.793. The van der Waals surface area contributed by atoms with Crippen molar-refractivity contribution >= 4 is 29.2 Å². The van der Waals surface area contributed by atoms with Gasteiger partial charge in [0.2, 0.25) is 5.91 Å². The van der Waals surface area contributed by atoms with Crippen LogP contribution >= 0.6 is 11.6 Å². The third-order valence-corrected chi connectivity index (χ3v) is 3.72. The molecule has 1 aromatic carbocycles. The SMILES string of the molecule is NC1(C(=O)Nc2ccc(C(=O)O)c(Cl)c2)CCCC1. The van der Waals surface area contributed by atoms with Gasteiger partial charge in [-0.3, -0.25) is 4.79 Å². The smallest absolute Gasteiger partial charge is 0.337 e. The first-order chi connectivity index (χ1) is 8.92. The second kappa shape index (κ2) is 5.19. The van der Waals surface area contributed by atoms with Crippen molar-refractivity contribution in [3.05, 3.63) is 28.8 Å². The molecule has 102 valence electrons. The van der Waals surface area contributed by atoms with Crippen LogP contribution in [-0.4, -0.2) is 22.5 Å². The van der Waals surface area contributed by atoms with Gasteiger partial charge in [0.15, 0.2) is 0 Å². The number of hydrogen-bond acceptors (Lipinski definition) is 3. The van der Waals surface area contributed by atoms with E-state index in [4.69, 9.17) is 22.4 Å². The normalized spacial score (nSPS) is 17.2. The van der Waals surface area contributed by atoms with Gasteiger partial charge in [0.05, 0.1) is 16.1 Å². The summed E-state index contributed by atoms with van der Waals surface area (Å²) in [6.07, 6.45) is 3.23. The molecule has 0 atom stereocenters. The molecule has 0 unspecified atom stereocenters. The number of anilines is 1. The predicted molar refractivity (Wildman–Crippen MR) is 72.4 cm³/mol. The lowest BCUT2D eigenvalue weighted by Gasteiger charge is -2.22. The molecule has 0 bridgehead atoms. The summed E-state index contributed by atoms with van der Waals surface area (Å²) >= 11 is 5.84. The molecule has 0 aromatic heterocycles. The topological polar surface area (TPSA) is 92.4 Å². The third kappa shape index (κ3) is 2.88. The molecule has 0 saturated heterocycles. The highest BCUT2D eigenvalue weighted by Gasteiger charge is 2.36. The number of halogens is 1. The zero-order chi connectivity index (χ0) is 14.0. The summed E-state index contributed by atoms with van der Waals surface area (Å²) in [6, 6.07) is 4.28. The summed E-state index contributed by atoms with van der Waals surface area (Å²) in [7, 11) is 0. The molecule has 19 heavy (non-hydrogen) atoms. The first kappa shape index (κ1) is 13.8. The van der Waals surface area contributed by atoms with Gasteiger partial charge in [-0.1, -0.05) is 24.4 Å². The van der Waals surface area contributed by atoms with Crippen molar-refractivity contribution in [3.63, 3.8) is 0 Å². The first-order valence-electron chi connectivity index (χ1n) is 6.05. The Kier molecular flexibility index (Phi) is 3.78. The second-order valence-corrected chi connectivity index (χ2v) is 5.22. The molecule has 1 aliphatic carbocycles. The lowest BCUT2D eigenvalue weighted by Crippen LogP contribution is -2.48. The van der Waals surface area contributed by atoms with E-state index in [1.165, 1.54) is 18.2 Å². The second-order valence-electron chi connectivity index (χ2n) is 4.82. The van der Waals surface area contributed by atoms with Crippen molar-refractivity contribution in [2.75, 3.05) is 5.32 Å². The molecule has 1 fully saturated rings. The summed E-state index contributed by atoms with van der Waals surface area (Å²) in [5.41, 5.74) is 5.66. The fraction of sp³-hybridized carbons (Fsp3) is 0.385. The Hall–Kier alpha value is -1.59. The third-order valence-electron chi connectivity index (χ3n) is 3.41. The molecular weight excluding hydrogens is 268 g/mol. The number of carboxylic acid groups (broad SMARTS) is 1. The van der Waals surface area contributed by atoms with Crippen LogP contribution in [0.5, 0.6) is 0 Å². The van der Waals surface area contributed by atoms with Crippen molar-refractivity contribution in [2.45, 2.75) is 31.2 Å². The Morgan fingerprint density at radius 1 is 1.32 bits per heavy atom.